The van der Waals surface area contributed by atoms with Crippen LogP contribution >= 0.6 is 11.6 Å². The first-order chi connectivity index (χ1) is 7.25. The molecule has 0 amide bonds. The molecule has 0 aliphatic heterocycles. The minimum absolute atomic E-state index is 0.0218. The van der Waals surface area contributed by atoms with Gasteiger partial charge in [0.1, 0.15) is 0 Å². The minimum atomic E-state index is -0.313. The van der Waals surface area contributed by atoms with Crippen LogP contribution in [-0.4, -0.2) is 10.2 Å². The SMILES string of the molecule is NC(Cc1ccccc1)c1nnc(Cl)o1. The standard InChI is InChI=1S/C10H10ClN3O/c11-10-14-13-9(15-10)8(12)6-7-4-2-1-3-5-7/h1-5,8H,6,12H2. The van der Waals surface area contributed by atoms with E-state index in [-0.39, 0.29) is 11.4 Å². The third-order valence-electron chi connectivity index (χ3n) is 2.03. The highest BCUT2D eigenvalue weighted by atomic mass is 35.5. The highest BCUT2D eigenvalue weighted by molar-refractivity contribution is 6.27. The molecule has 0 spiro atoms. The third-order valence-corrected chi connectivity index (χ3v) is 2.18. The molecular weight excluding hydrogens is 214 g/mol. The van der Waals surface area contributed by atoms with E-state index in [9.17, 15) is 0 Å². The fourth-order valence-electron chi connectivity index (χ4n) is 1.32. The lowest BCUT2D eigenvalue weighted by Crippen LogP contribution is -2.13. The van der Waals surface area contributed by atoms with Crippen LogP contribution in [0.3, 0.4) is 0 Å². The Morgan fingerprint density at radius 3 is 2.60 bits per heavy atom. The van der Waals surface area contributed by atoms with Crippen LogP contribution in [-0.2, 0) is 6.42 Å². The maximum Gasteiger partial charge on any atom is 0.312 e. The van der Waals surface area contributed by atoms with Gasteiger partial charge in [0, 0.05) is 0 Å². The van der Waals surface area contributed by atoms with Gasteiger partial charge < -0.3 is 10.2 Å². The Morgan fingerprint density at radius 1 is 1.27 bits per heavy atom. The Labute approximate surface area is 92.1 Å². The van der Waals surface area contributed by atoms with Gasteiger partial charge in [-0.1, -0.05) is 35.4 Å². The largest absolute Gasteiger partial charge is 0.410 e. The minimum Gasteiger partial charge on any atom is -0.410 e. The zero-order valence-corrected chi connectivity index (χ0v) is 8.69. The zero-order chi connectivity index (χ0) is 10.7. The van der Waals surface area contributed by atoms with Crippen molar-refractivity contribution < 1.29 is 4.42 Å². The second-order valence-corrected chi connectivity index (χ2v) is 3.51. The van der Waals surface area contributed by atoms with Crippen molar-refractivity contribution in [3.05, 3.63) is 47.1 Å². The van der Waals surface area contributed by atoms with Crippen molar-refractivity contribution >= 4 is 11.6 Å². The fraction of sp³-hybridized carbons (Fsp3) is 0.200. The Morgan fingerprint density at radius 2 is 2.00 bits per heavy atom. The van der Waals surface area contributed by atoms with Gasteiger partial charge in [-0.2, -0.15) is 0 Å². The average Bonchev–Trinajstić information content (AvgIpc) is 2.66. The number of hydrogen-bond acceptors (Lipinski definition) is 4. The summed E-state index contributed by atoms with van der Waals surface area (Å²) in [7, 11) is 0. The normalized spacial score (nSPS) is 12.7. The molecular formula is C10H10ClN3O. The van der Waals surface area contributed by atoms with Crippen molar-refractivity contribution in [2.24, 2.45) is 5.73 Å². The van der Waals surface area contributed by atoms with Gasteiger partial charge in [0.2, 0.25) is 5.89 Å². The Kier molecular flexibility index (Phi) is 2.99. The lowest BCUT2D eigenvalue weighted by molar-refractivity contribution is 0.449. The highest BCUT2D eigenvalue weighted by Gasteiger charge is 2.13. The summed E-state index contributed by atoms with van der Waals surface area (Å²) in [6, 6.07) is 9.56. The number of aromatic nitrogens is 2. The average molecular weight is 224 g/mol. The first kappa shape index (κ1) is 10.1. The molecule has 78 valence electrons. The lowest BCUT2D eigenvalue weighted by atomic mass is 10.1. The number of halogens is 1. The van der Waals surface area contributed by atoms with Gasteiger partial charge in [-0.3, -0.25) is 0 Å². The number of nitrogens with two attached hydrogens (primary N) is 1. The molecule has 0 fully saturated rings. The van der Waals surface area contributed by atoms with Crippen molar-refractivity contribution in [1.29, 1.82) is 0 Å². The van der Waals surface area contributed by atoms with Crippen molar-refractivity contribution in [2.75, 3.05) is 0 Å². The zero-order valence-electron chi connectivity index (χ0n) is 7.93. The van der Waals surface area contributed by atoms with Gasteiger partial charge in [0.15, 0.2) is 0 Å². The van der Waals surface area contributed by atoms with Crippen LogP contribution in [0.5, 0.6) is 0 Å². The number of hydrogen-bond donors (Lipinski definition) is 1. The molecule has 0 saturated heterocycles. The smallest absolute Gasteiger partial charge is 0.312 e. The first-order valence-electron chi connectivity index (χ1n) is 4.54. The lowest BCUT2D eigenvalue weighted by Gasteiger charge is -2.05. The van der Waals surface area contributed by atoms with E-state index in [0.29, 0.717) is 12.3 Å². The number of nitrogens with zero attached hydrogens (tertiary/aromatic N) is 2. The van der Waals surface area contributed by atoms with Crippen LogP contribution in [0.1, 0.15) is 17.5 Å². The van der Waals surface area contributed by atoms with Gasteiger partial charge in [0.05, 0.1) is 6.04 Å². The summed E-state index contributed by atoms with van der Waals surface area (Å²) in [5.74, 6) is 0.365. The monoisotopic (exact) mass is 223 g/mol. The van der Waals surface area contributed by atoms with Crippen LogP contribution in [0.2, 0.25) is 5.35 Å². The first-order valence-corrected chi connectivity index (χ1v) is 4.92. The van der Waals surface area contributed by atoms with Crippen LogP contribution in [0.4, 0.5) is 0 Å². The summed E-state index contributed by atoms with van der Waals surface area (Å²) in [6.45, 7) is 0. The molecule has 1 atom stereocenters. The highest BCUT2D eigenvalue weighted by Crippen LogP contribution is 2.16. The predicted octanol–water partition coefficient (Wildman–Crippen LogP) is 1.97. The number of rotatable bonds is 3. The molecule has 0 bridgehead atoms. The molecule has 1 heterocycles. The van der Waals surface area contributed by atoms with E-state index < -0.39 is 0 Å². The van der Waals surface area contributed by atoms with E-state index in [0.717, 1.165) is 5.56 Å². The third kappa shape index (κ3) is 2.55. The Balaban J connectivity index is 2.07. The number of benzene rings is 1. The van der Waals surface area contributed by atoms with Crippen molar-refractivity contribution in [3.8, 4) is 0 Å². The van der Waals surface area contributed by atoms with Gasteiger partial charge >= 0.3 is 5.35 Å². The summed E-state index contributed by atoms with van der Waals surface area (Å²) in [4.78, 5) is 0. The molecule has 2 rings (SSSR count). The molecule has 1 unspecified atom stereocenters. The Hall–Kier alpha value is -1.39. The van der Waals surface area contributed by atoms with Crippen molar-refractivity contribution in [2.45, 2.75) is 12.5 Å². The molecule has 2 N–H and O–H groups in total. The van der Waals surface area contributed by atoms with Crippen LogP contribution in [0.15, 0.2) is 34.7 Å². The van der Waals surface area contributed by atoms with E-state index in [2.05, 4.69) is 10.2 Å². The molecule has 1 aromatic heterocycles. The van der Waals surface area contributed by atoms with E-state index in [1.807, 2.05) is 30.3 Å². The maximum atomic E-state index is 5.89. The molecule has 0 radical (unpaired) electrons. The molecule has 0 aliphatic carbocycles. The summed E-state index contributed by atoms with van der Waals surface area (Å²) < 4.78 is 5.04. The van der Waals surface area contributed by atoms with E-state index >= 15 is 0 Å². The molecule has 4 nitrogen and oxygen atoms in total. The van der Waals surface area contributed by atoms with Gasteiger partial charge in [0.25, 0.3) is 0 Å². The fourth-order valence-corrected chi connectivity index (χ4v) is 1.44. The molecule has 0 saturated carbocycles. The van der Waals surface area contributed by atoms with Gasteiger partial charge in [-0.25, -0.2) is 0 Å². The quantitative estimate of drug-likeness (QED) is 0.864. The van der Waals surface area contributed by atoms with E-state index in [4.69, 9.17) is 21.8 Å². The van der Waals surface area contributed by atoms with Gasteiger partial charge in [-0.15, -0.1) is 5.10 Å². The van der Waals surface area contributed by atoms with Crippen molar-refractivity contribution in [3.63, 3.8) is 0 Å². The molecule has 5 heteroatoms. The summed E-state index contributed by atoms with van der Waals surface area (Å²) >= 11 is 5.51. The molecule has 15 heavy (non-hydrogen) atoms. The molecule has 1 aromatic carbocycles. The van der Waals surface area contributed by atoms with Crippen LogP contribution < -0.4 is 5.73 Å². The maximum absolute atomic E-state index is 5.89. The van der Waals surface area contributed by atoms with Crippen LogP contribution in [0, 0.1) is 0 Å². The summed E-state index contributed by atoms with van der Waals surface area (Å²) in [5, 5.41) is 7.31. The summed E-state index contributed by atoms with van der Waals surface area (Å²) in [5.41, 5.74) is 7.01. The van der Waals surface area contributed by atoms with Crippen LogP contribution in [0.25, 0.3) is 0 Å². The molecule has 0 aliphatic rings. The second-order valence-electron chi connectivity index (χ2n) is 3.19. The van der Waals surface area contributed by atoms with E-state index in [1.165, 1.54) is 0 Å². The topological polar surface area (TPSA) is 64.9 Å². The second kappa shape index (κ2) is 4.42. The predicted molar refractivity (Wildman–Crippen MR) is 56.4 cm³/mol. The van der Waals surface area contributed by atoms with E-state index in [1.54, 1.807) is 0 Å². The molecule has 2 aromatic rings. The Bertz CT molecular complexity index is 429. The summed E-state index contributed by atoms with van der Waals surface area (Å²) in [6.07, 6.45) is 0.652. The van der Waals surface area contributed by atoms with Gasteiger partial charge in [-0.05, 0) is 23.6 Å². The van der Waals surface area contributed by atoms with Crippen molar-refractivity contribution in [1.82, 2.24) is 10.2 Å².